The molecule has 0 aromatic heterocycles. The van der Waals surface area contributed by atoms with Crippen molar-refractivity contribution in [3.05, 3.63) is 29.8 Å². The van der Waals surface area contributed by atoms with Crippen LogP contribution in [0.1, 0.15) is 19.4 Å². The van der Waals surface area contributed by atoms with Crippen molar-refractivity contribution in [2.75, 3.05) is 32.8 Å². The van der Waals surface area contributed by atoms with Crippen molar-refractivity contribution in [2.24, 2.45) is 0 Å². The van der Waals surface area contributed by atoms with Gasteiger partial charge in [-0.15, -0.1) is 0 Å². The Balaban J connectivity index is 1.82. The molecule has 5 nitrogen and oxygen atoms in total. The summed E-state index contributed by atoms with van der Waals surface area (Å²) in [7, 11) is 0. The lowest BCUT2D eigenvalue weighted by molar-refractivity contribution is -0.147. The number of carbonyl (C=O) groups is 1. The summed E-state index contributed by atoms with van der Waals surface area (Å²) in [5.41, 5.74) is 0.351. The average Bonchev–Trinajstić information content (AvgIpc) is 2.68. The maximum absolute atomic E-state index is 13.1. The van der Waals surface area contributed by atoms with Crippen molar-refractivity contribution >= 4 is 5.91 Å². The summed E-state index contributed by atoms with van der Waals surface area (Å²) in [6, 6.07) is 6.93. The molecule has 0 saturated carbocycles. The summed E-state index contributed by atoms with van der Waals surface area (Å²) in [4.78, 5) is 16.3. The molecule has 1 unspecified atom stereocenters. The van der Waals surface area contributed by atoms with E-state index in [9.17, 15) is 13.6 Å². The molecule has 2 aliphatic heterocycles. The number of nitrogens with zero attached hydrogens (tertiary/aromatic N) is 2. The third-order valence-corrected chi connectivity index (χ3v) is 4.50. The van der Waals surface area contributed by atoms with Gasteiger partial charge >= 0.3 is 0 Å². The zero-order valence-electron chi connectivity index (χ0n) is 14.6. The van der Waals surface area contributed by atoms with Crippen LogP contribution >= 0.6 is 0 Å². The summed E-state index contributed by atoms with van der Waals surface area (Å²) in [5, 5.41) is 0. The molecule has 0 aliphatic carbocycles. The lowest BCUT2D eigenvalue weighted by atomic mass is 10.1. The number of hydrogen-bond acceptors (Lipinski definition) is 4. The molecule has 1 aromatic carbocycles. The van der Waals surface area contributed by atoms with Crippen LogP contribution in [0.5, 0.6) is 5.75 Å². The first kappa shape index (κ1) is 18.1. The number of rotatable bonds is 3. The van der Waals surface area contributed by atoms with Crippen LogP contribution in [0.4, 0.5) is 8.78 Å². The number of alkyl halides is 2. The lowest BCUT2D eigenvalue weighted by Gasteiger charge is -2.38. The second-order valence-electron chi connectivity index (χ2n) is 7.14. The van der Waals surface area contributed by atoms with Crippen molar-refractivity contribution in [3.8, 4) is 5.75 Å². The zero-order valence-corrected chi connectivity index (χ0v) is 14.6. The molecule has 3 rings (SSSR count). The summed E-state index contributed by atoms with van der Waals surface area (Å²) in [6.07, 6.45) is -2.47. The first-order valence-corrected chi connectivity index (χ1v) is 8.51. The van der Waals surface area contributed by atoms with E-state index in [0.717, 1.165) is 11.3 Å². The van der Waals surface area contributed by atoms with Gasteiger partial charge in [-0.2, -0.15) is 0 Å². The van der Waals surface area contributed by atoms with E-state index in [0.29, 0.717) is 26.2 Å². The minimum absolute atomic E-state index is 0.144. The first-order chi connectivity index (χ1) is 11.9. The number of ether oxygens (including phenoxy) is 2. The maximum Gasteiger partial charge on any atom is 0.251 e. The Hall–Kier alpha value is -1.73. The summed E-state index contributed by atoms with van der Waals surface area (Å²) < 4.78 is 37.2. The van der Waals surface area contributed by atoms with Gasteiger partial charge in [0.25, 0.3) is 6.43 Å². The van der Waals surface area contributed by atoms with Crippen molar-refractivity contribution in [2.45, 2.75) is 38.5 Å². The van der Waals surface area contributed by atoms with Gasteiger partial charge < -0.3 is 14.4 Å². The van der Waals surface area contributed by atoms with E-state index in [2.05, 4.69) is 0 Å². The fourth-order valence-electron chi connectivity index (χ4n) is 3.41. The van der Waals surface area contributed by atoms with Gasteiger partial charge in [-0.3, -0.25) is 9.69 Å². The number of hydrogen-bond donors (Lipinski definition) is 0. The molecule has 1 aromatic rings. The predicted molar refractivity (Wildman–Crippen MR) is 88.8 cm³/mol. The second kappa shape index (κ2) is 7.25. The summed E-state index contributed by atoms with van der Waals surface area (Å²) in [6.45, 7) is 5.07. The number of amides is 1. The van der Waals surface area contributed by atoms with Gasteiger partial charge in [0.1, 0.15) is 17.4 Å². The molecule has 7 heteroatoms. The van der Waals surface area contributed by atoms with Gasteiger partial charge in [-0.25, -0.2) is 8.78 Å². The number of para-hydroxylation sites is 1. The fraction of sp³-hybridized carbons (Fsp3) is 0.611. The number of benzene rings is 1. The lowest BCUT2D eigenvalue weighted by Crippen LogP contribution is -2.57. The van der Waals surface area contributed by atoms with Crippen LogP contribution in [0.3, 0.4) is 0 Å². The Labute approximate surface area is 146 Å². The molecule has 0 bridgehead atoms. The highest BCUT2D eigenvalue weighted by molar-refractivity contribution is 5.82. The molecule has 138 valence electrons. The van der Waals surface area contributed by atoms with Crippen LogP contribution in [0.25, 0.3) is 0 Å². The summed E-state index contributed by atoms with van der Waals surface area (Å²) in [5.74, 6) is 0.570. The monoisotopic (exact) mass is 354 g/mol. The Morgan fingerprint density at radius 2 is 2.12 bits per heavy atom. The Morgan fingerprint density at radius 3 is 2.88 bits per heavy atom. The standard InChI is InChI=1S/C18H24F2N2O3/c1-18(2)12-22(9-13-5-3-4-6-15(13)25-18)17(23)14-11-24-8-7-21(14)10-16(19)20/h3-6,14,16H,7-12H2,1-2H3. The molecule has 0 spiro atoms. The molecule has 1 fully saturated rings. The minimum Gasteiger partial charge on any atom is -0.486 e. The highest BCUT2D eigenvalue weighted by atomic mass is 19.3. The van der Waals surface area contributed by atoms with Crippen LogP contribution in [0.15, 0.2) is 24.3 Å². The van der Waals surface area contributed by atoms with Crippen molar-refractivity contribution in [3.63, 3.8) is 0 Å². The molecule has 1 amide bonds. The van der Waals surface area contributed by atoms with Gasteiger partial charge in [-0.1, -0.05) is 18.2 Å². The Bertz CT molecular complexity index is 624. The van der Waals surface area contributed by atoms with Gasteiger partial charge in [0.2, 0.25) is 5.91 Å². The largest absolute Gasteiger partial charge is 0.486 e. The quantitative estimate of drug-likeness (QED) is 0.834. The minimum atomic E-state index is -2.47. The highest BCUT2D eigenvalue weighted by Gasteiger charge is 2.38. The van der Waals surface area contributed by atoms with Gasteiger partial charge in [0.05, 0.1) is 26.3 Å². The van der Waals surface area contributed by atoms with Crippen molar-refractivity contribution < 1.29 is 23.0 Å². The number of morpholine rings is 1. The second-order valence-corrected chi connectivity index (χ2v) is 7.14. The Morgan fingerprint density at radius 1 is 1.36 bits per heavy atom. The van der Waals surface area contributed by atoms with Crippen LogP contribution in [0, 0.1) is 0 Å². The maximum atomic E-state index is 13.1. The number of carbonyl (C=O) groups excluding carboxylic acids is 1. The average molecular weight is 354 g/mol. The van der Waals surface area contributed by atoms with E-state index in [1.54, 1.807) is 4.90 Å². The van der Waals surface area contributed by atoms with E-state index in [1.807, 2.05) is 38.1 Å². The first-order valence-electron chi connectivity index (χ1n) is 8.51. The third-order valence-electron chi connectivity index (χ3n) is 4.50. The smallest absolute Gasteiger partial charge is 0.251 e. The normalized spacial score (nSPS) is 23.7. The van der Waals surface area contributed by atoms with E-state index in [1.165, 1.54) is 4.90 Å². The molecular formula is C18H24F2N2O3. The zero-order chi connectivity index (χ0) is 18.0. The molecule has 0 N–H and O–H groups in total. The molecule has 25 heavy (non-hydrogen) atoms. The molecule has 0 radical (unpaired) electrons. The summed E-state index contributed by atoms with van der Waals surface area (Å²) >= 11 is 0. The van der Waals surface area contributed by atoms with Gasteiger partial charge in [-0.05, 0) is 19.9 Å². The molecule has 2 aliphatic rings. The van der Waals surface area contributed by atoms with Crippen LogP contribution in [-0.2, 0) is 16.1 Å². The van der Waals surface area contributed by atoms with Crippen LogP contribution in [-0.4, -0.2) is 66.6 Å². The highest BCUT2D eigenvalue weighted by Crippen LogP contribution is 2.30. The van der Waals surface area contributed by atoms with E-state index in [4.69, 9.17) is 9.47 Å². The molecular weight excluding hydrogens is 330 g/mol. The number of halogens is 2. The van der Waals surface area contributed by atoms with Crippen molar-refractivity contribution in [1.82, 2.24) is 9.80 Å². The van der Waals surface area contributed by atoms with Gasteiger partial charge in [0, 0.05) is 18.7 Å². The van der Waals surface area contributed by atoms with E-state index < -0.39 is 24.6 Å². The fourth-order valence-corrected chi connectivity index (χ4v) is 3.41. The Kier molecular flexibility index (Phi) is 5.24. The third kappa shape index (κ3) is 4.27. The van der Waals surface area contributed by atoms with Crippen LogP contribution in [0.2, 0.25) is 0 Å². The van der Waals surface area contributed by atoms with Gasteiger partial charge in [0.15, 0.2) is 0 Å². The van der Waals surface area contributed by atoms with E-state index in [-0.39, 0.29) is 12.5 Å². The predicted octanol–water partition coefficient (Wildman–Crippen LogP) is 2.15. The van der Waals surface area contributed by atoms with Crippen molar-refractivity contribution in [1.29, 1.82) is 0 Å². The number of fused-ring (bicyclic) bond motifs is 1. The molecule has 2 heterocycles. The topological polar surface area (TPSA) is 42.0 Å². The van der Waals surface area contributed by atoms with E-state index >= 15 is 0 Å². The molecule has 1 atom stereocenters. The SMILES string of the molecule is CC1(C)CN(C(=O)C2COCCN2CC(F)F)Cc2ccccc2O1. The molecule has 1 saturated heterocycles. The van der Waals surface area contributed by atoms with Crippen LogP contribution < -0.4 is 4.74 Å².